The van der Waals surface area contributed by atoms with Gasteiger partial charge < -0.3 is 10.1 Å². The molecule has 1 fully saturated rings. The molecule has 1 N–H and O–H groups in total. The zero-order valence-electron chi connectivity index (χ0n) is 17.5. The second-order valence-electron chi connectivity index (χ2n) is 8.17. The minimum Gasteiger partial charge on any atom is -0.381 e. The predicted molar refractivity (Wildman–Crippen MR) is 116 cm³/mol. The Balaban J connectivity index is 1.53. The maximum absolute atomic E-state index is 13.9. The van der Waals surface area contributed by atoms with E-state index in [1.54, 1.807) is 12.1 Å². The molecule has 1 aliphatic rings. The zero-order valence-corrected chi connectivity index (χ0v) is 17.5. The first-order valence-electron chi connectivity index (χ1n) is 10.4. The summed E-state index contributed by atoms with van der Waals surface area (Å²) < 4.78 is 19.4. The largest absolute Gasteiger partial charge is 0.381 e. The minimum atomic E-state index is -0.304. The van der Waals surface area contributed by atoms with Gasteiger partial charge in [-0.3, -0.25) is 9.78 Å². The smallest absolute Gasteiger partial charge is 0.224 e. The predicted octanol–water partition coefficient (Wildman–Crippen LogP) is 4.40. The third-order valence-electron chi connectivity index (χ3n) is 6.33. The summed E-state index contributed by atoms with van der Waals surface area (Å²) in [6.45, 7) is 5.69. The Kier molecular flexibility index (Phi) is 5.82. The molecule has 1 amide bonds. The van der Waals surface area contributed by atoms with Gasteiger partial charge in [0.05, 0.1) is 11.9 Å². The van der Waals surface area contributed by atoms with Crippen molar-refractivity contribution < 1.29 is 13.9 Å². The van der Waals surface area contributed by atoms with E-state index in [0.717, 1.165) is 46.1 Å². The fraction of sp³-hybridized carbons (Fsp3) is 0.360. The molecule has 0 aliphatic carbocycles. The Morgan fingerprint density at radius 2 is 1.90 bits per heavy atom. The van der Waals surface area contributed by atoms with E-state index in [4.69, 9.17) is 4.74 Å². The Morgan fingerprint density at radius 1 is 1.13 bits per heavy atom. The summed E-state index contributed by atoms with van der Waals surface area (Å²) in [5.74, 6) is -0.293. The Bertz CT molecular complexity index is 1070. The van der Waals surface area contributed by atoms with Crippen LogP contribution >= 0.6 is 0 Å². The number of hydrogen-bond donors (Lipinski definition) is 1. The highest BCUT2D eigenvalue weighted by molar-refractivity contribution is 5.86. The maximum Gasteiger partial charge on any atom is 0.224 e. The molecule has 1 aliphatic heterocycles. The molecule has 0 saturated carbocycles. The fourth-order valence-corrected chi connectivity index (χ4v) is 4.47. The van der Waals surface area contributed by atoms with Crippen LogP contribution < -0.4 is 5.32 Å². The van der Waals surface area contributed by atoms with Crippen molar-refractivity contribution in [1.82, 2.24) is 10.3 Å². The standard InChI is InChI=1S/C25H27FN2O2/c1-17-21-8-3-4-9-23(21)28-18(2)22(17)15-24(29)27-16-25(10-12-30-13-11-25)19-6-5-7-20(26)14-19/h3-9,14H,10-13,15-16H2,1-2H3,(H,27,29). The Labute approximate surface area is 176 Å². The van der Waals surface area contributed by atoms with E-state index in [0.29, 0.717) is 19.8 Å². The van der Waals surface area contributed by atoms with Gasteiger partial charge in [0.2, 0.25) is 5.91 Å². The highest BCUT2D eigenvalue weighted by atomic mass is 19.1. The number of fused-ring (bicyclic) bond motifs is 1. The molecule has 30 heavy (non-hydrogen) atoms. The van der Waals surface area contributed by atoms with Crippen molar-refractivity contribution in [2.75, 3.05) is 19.8 Å². The van der Waals surface area contributed by atoms with Crippen LogP contribution in [0.3, 0.4) is 0 Å². The van der Waals surface area contributed by atoms with Crippen LogP contribution in [-0.2, 0) is 21.4 Å². The second kappa shape index (κ2) is 8.52. The summed E-state index contributed by atoms with van der Waals surface area (Å²) in [4.78, 5) is 17.6. The number of aromatic nitrogens is 1. The van der Waals surface area contributed by atoms with E-state index >= 15 is 0 Å². The van der Waals surface area contributed by atoms with E-state index in [1.165, 1.54) is 6.07 Å². The van der Waals surface area contributed by atoms with Crippen LogP contribution in [0, 0.1) is 19.7 Å². The van der Waals surface area contributed by atoms with Crippen LogP contribution in [0.4, 0.5) is 4.39 Å². The lowest BCUT2D eigenvalue weighted by Crippen LogP contribution is -2.45. The molecule has 156 valence electrons. The van der Waals surface area contributed by atoms with Gasteiger partial charge in [0.25, 0.3) is 0 Å². The van der Waals surface area contributed by atoms with Crippen LogP contribution in [0.5, 0.6) is 0 Å². The number of aryl methyl sites for hydroxylation is 2. The molecule has 1 aromatic heterocycles. The number of pyridine rings is 1. The molecule has 1 saturated heterocycles. The van der Waals surface area contributed by atoms with Gasteiger partial charge in [-0.05, 0) is 61.6 Å². The van der Waals surface area contributed by atoms with Gasteiger partial charge in [0.1, 0.15) is 5.82 Å². The number of para-hydroxylation sites is 1. The quantitative estimate of drug-likeness (QED) is 0.683. The van der Waals surface area contributed by atoms with Gasteiger partial charge >= 0.3 is 0 Å². The van der Waals surface area contributed by atoms with Gasteiger partial charge in [-0.1, -0.05) is 30.3 Å². The molecule has 2 heterocycles. The molecule has 5 heteroatoms. The summed E-state index contributed by atoms with van der Waals surface area (Å²) in [5, 5.41) is 4.19. The van der Waals surface area contributed by atoms with E-state index in [2.05, 4.69) is 10.3 Å². The number of carbonyl (C=O) groups is 1. The highest BCUT2D eigenvalue weighted by Crippen LogP contribution is 2.34. The van der Waals surface area contributed by atoms with Crippen LogP contribution in [0.15, 0.2) is 48.5 Å². The number of hydrogen-bond acceptors (Lipinski definition) is 3. The average Bonchev–Trinajstić information content (AvgIpc) is 2.76. The molecule has 0 bridgehead atoms. The molecule has 0 unspecified atom stereocenters. The molecule has 0 spiro atoms. The Hall–Kier alpha value is -2.79. The lowest BCUT2D eigenvalue weighted by molar-refractivity contribution is -0.121. The molecular weight excluding hydrogens is 379 g/mol. The van der Waals surface area contributed by atoms with Crippen LogP contribution in [0.1, 0.15) is 35.2 Å². The molecule has 0 radical (unpaired) electrons. The van der Waals surface area contributed by atoms with Crippen molar-refractivity contribution in [1.29, 1.82) is 0 Å². The number of benzene rings is 2. The first-order chi connectivity index (χ1) is 14.5. The molecule has 4 rings (SSSR count). The van der Waals surface area contributed by atoms with Gasteiger partial charge in [0.15, 0.2) is 0 Å². The Morgan fingerprint density at radius 3 is 2.67 bits per heavy atom. The van der Waals surface area contributed by atoms with Crippen molar-refractivity contribution in [3.8, 4) is 0 Å². The van der Waals surface area contributed by atoms with Crippen molar-refractivity contribution in [3.05, 3.63) is 76.7 Å². The van der Waals surface area contributed by atoms with Crippen molar-refractivity contribution in [2.24, 2.45) is 0 Å². The number of nitrogens with zero attached hydrogens (tertiary/aromatic N) is 1. The van der Waals surface area contributed by atoms with Crippen LogP contribution in [0.25, 0.3) is 10.9 Å². The minimum absolute atomic E-state index is 0.0412. The topological polar surface area (TPSA) is 51.2 Å². The lowest BCUT2D eigenvalue weighted by atomic mass is 9.74. The average molecular weight is 407 g/mol. The normalized spacial score (nSPS) is 15.8. The molecule has 4 nitrogen and oxygen atoms in total. The second-order valence-corrected chi connectivity index (χ2v) is 8.17. The van der Waals surface area contributed by atoms with Crippen LogP contribution in [0.2, 0.25) is 0 Å². The van der Waals surface area contributed by atoms with Crippen molar-refractivity contribution in [2.45, 2.75) is 38.5 Å². The number of halogens is 1. The number of ether oxygens (including phenoxy) is 1. The fourth-order valence-electron chi connectivity index (χ4n) is 4.47. The number of rotatable bonds is 5. The molecule has 2 aromatic carbocycles. The summed E-state index contributed by atoms with van der Waals surface area (Å²) in [6.07, 6.45) is 1.80. The van der Waals surface area contributed by atoms with Crippen molar-refractivity contribution >= 4 is 16.8 Å². The van der Waals surface area contributed by atoms with Crippen molar-refractivity contribution in [3.63, 3.8) is 0 Å². The summed E-state index contributed by atoms with van der Waals surface area (Å²) in [6, 6.07) is 14.7. The highest BCUT2D eigenvalue weighted by Gasteiger charge is 2.35. The number of amides is 1. The van der Waals surface area contributed by atoms with E-state index in [9.17, 15) is 9.18 Å². The zero-order chi connectivity index (χ0) is 21.1. The molecule has 0 atom stereocenters. The number of nitrogens with one attached hydrogen (secondary N) is 1. The first kappa shape index (κ1) is 20.5. The number of carbonyl (C=O) groups excluding carboxylic acids is 1. The van der Waals surface area contributed by atoms with Gasteiger partial charge in [0, 0.05) is 36.3 Å². The van der Waals surface area contributed by atoms with Gasteiger partial charge in [-0.2, -0.15) is 0 Å². The third-order valence-corrected chi connectivity index (χ3v) is 6.33. The lowest BCUT2D eigenvalue weighted by Gasteiger charge is -2.38. The maximum atomic E-state index is 13.9. The van der Waals surface area contributed by atoms with E-state index in [-0.39, 0.29) is 23.6 Å². The summed E-state index contributed by atoms with van der Waals surface area (Å²) in [7, 11) is 0. The first-order valence-corrected chi connectivity index (χ1v) is 10.4. The third kappa shape index (κ3) is 4.08. The summed E-state index contributed by atoms with van der Waals surface area (Å²) in [5.41, 5.74) is 4.51. The van der Waals surface area contributed by atoms with Crippen LogP contribution in [-0.4, -0.2) is 30.6 Å². The van der Waals surface area contributed by atoms with E-state index < -0.39 is 0 Å². The molecular formula is C25H27FN2O2. The molecule has 3 aromatic rings. The van der Waals surface area contributed by atoms with Gasteiger partial charge in [-0.25, -0.2) is 4.39 Å². The van der Waals surface area contributed by atoms with Gasteiger partial charge in [-0.15, -0.1) is 0 Å². The SMILES string of the molecule is Cc1nc2ccccc2c(C)c1CC(=O)NCC1(c2cccc(F)c2)CCOCC1. The summed E-state index contributed by atoms with van der Waals surface area (Å²) >= 11 is 0. The van der Waals surface area contributed by atoms with E-state index in [1.807, 2.05) is 44.2 Å². The monoisotopic (exact) mass is 406 g/mol.